The lowest BCUT2D eigenvalue weighted by atomic mass is 10.0. The number of hydrogen-bond donors (Lipinski definition) is 1. The van der Waals surface area contributed by atoms with Crippen molar-refractivity contribution in [2.75, 3.05) is 0 Å². The quantitative estimate of drug-likeness (QED) is 0.775. The second kappa shape index (κ2) is 5.95. The van der Waals surface area contributed by atoms with E-state index in [1.807, 2.05) is 30.3 Å². The van der Waals surface area contributed by atoms with Crippen molar-refractivity contribution in [1.29, 1.82) is 0 Å². The molecule has 2 aromatic carbocycles. The first-order valence-corrected chi connectivity index (χ1v) is 7.74. The number of halogens is 3. The Labute approximate surface area is 133 Å². The molecular formula is C16H14Cl3N. The fourth-order valence-electron chi connectivity index (χ4n) is 2.11. The summed E-state index contributed by atoms with van der Waals surface area (Å²) in [6.07, 6.45) is 2.54. The van der Waals surface area contributed by atoms with Gasteiger partial charge in [0.2, 0.25) is 0 Å². The van der Waals surface area contributed by atoms with E-state index in [2.05, 4.69) is 11.4 Å². The molecule has 3 rings (SSSR count). The van der Waals surface area contributed by atoms with Gasteiger partial charge in [-0.3, -0.25) is 0 Å². The molecule has 0 aliphatic heterocycles. The minimum atomic E-state index is 0.566. The Hall–Kier alpha value is -0.730. The second-order valence-electron chi connectivity index (χ2n) is 5.09. The highest BCUT2D eigenvalue weighted by atomic mass is 35.5. The highest BCUT2D eigenvalue weighted by Gasteiger charge is 2.20. The SMILES string of the molecule is Clc1ccc(-c2ccc(Cl)c(CNC3CC3)c2)cc1Cl. The Morgan fingerprint density at radius 1 is 0.850 bits per heavy atom. The first kappa shape index (κ1) is 14.2. The highest BCUT2D eigenvalue weighted by molar-refractivity contribution is 6.42. The van der Waals surface area contributed by atoms with Crippen molar-refractivity contribution in [1.82, 2.24) is 5.32 Å². The van der Waals surface area contributed by atoms with Crippen LogP contribution < -0.4 is 5.32 Å². The molecule has 1 aliphatic carbocycles. The van der Waals surface area contributed by atoms with Crippen LogP contribution >= 0.6 is 34.8 Å². The monoisotopic (exact) mass is 325 g/mol. The molecule has 1 N–H and O–H groups in total. The highest BCUT2D eigenvalue weighted by Crippen LogP contribution is 2.31. The molecule has 4 heteroatoms. The van der Waals surface area contributed by atoms with E-state index in [0.717, 1.165) is 28.3 Å². The van der Waals surface area contributed by atoms with Crippen LogP contribution in [0.2, 0.25) is 15.1 Å². The molecule has 104 valence electrons. The number of hydrogen-bond acceptors (Lipinski definition) is 1. The molecule has 1 aliphatic rings. The predicted molar refractivity (Wildman–Crippen MR) is 86.8 cm³/mol. The van der Waals surface area contributed by atoms with Gasteiger partial charge < -0.3 is 5.32 Å². The van der Waals surface area contributed by atoms with E-state index >= 15 is 0 Å². The van der Waals surface area contributed by atoms with Crippen molar-refractivity contribution >= 4 is 34.8 Å². The summed E-state index contributed by atoms with van der Waals surface area (Å²) in [6, 6.07) is 12.4. The largest absolute Gasteiger partial charge is 0.310 e. The summed E-state index contributed by atoms with van der Waals surface area (Å²) in [6.45, 7) is 0.804. The summed E-state index contributed by atoms with van der Waals surface area (Å²) < 4.78 is 0. The maximum Gasteiger partial charge on any atom is 0.0598 e. The standard InChI is InChI=1S/C16H14Cl3N/c17-14-5-1-10(7-12(14)9-20-13-3-4-13)11-2-6-15(18)16(19)8-11/h1-2,5-8,13,20H,3-4,9H2. The molecule has 1 fully saturated rings. The van der Waals surface area contributed by atoms with Crippen LogP contribution in [0.5, 0.6) is 0 Å². The molecule has 0 spiro atoms. The van der Waals surface area contributed by atoms with Gasteiger partial charge in [-0.25, -0.2) is 0 Å². The third-order valence-electron chi connectivity index (χ3n) is 3.46. The normalized spacial score (nSPS) is 14.6. The number of rotatable bonds is 4. The van der Waals surface area contributed by atoms with Crippen LogP contribution in [-0.4, -0.2) is 6.04 Å². The zero-order valence-corrected chi connectivity index (χ0v) is 13.1. The van der Waals surface area contributed by atoms with Gasteiger partial charge in [-0.05, 0) is 53.8 Å². The van der Waals surface area contributed by atoms with Gasteiger partial charge in [-0.15, -0.1) is 0 Å². The molecule has 0 unspecified atom stereocenters. The fourth-order valence-corrected chi connectivity index (χ4v) is 2.59. The average Bonchev–Trinajstić information content (AvgIpc) is 3.25. The van der Waals surface area contributed by atoms with Gasteiger partial charge in [-0.2, -0.15) is 0 Å². The van der Waals surface area contributed by atoms with E-state index < -0.39 is 0 Å². The number of nitrogens with one attached hydrogen (secondary N) is 1. The Kier molecular flexibility index (Phi) is 4.23. The molecular weight excluding hydrogens is 313 g/mol. The van der Waals surface area contributed by atoms with Crippen LogP contribution in [0.3, 0.4) is 0 Å². The molecule has 2 aromatic rings. The fraction of sp³-hybridized carbons (Fsp3) is 0.250. The summed E-state index contributed by atoms with van der Waals surface area (Å²) in [7, 11) is 0. The van der Waals surface area contributed by atoms with Crippen molar-refractivity contribution in [2.45, 2.75) is 25.4 Å². The average molecular weight is 327 g/mol. The summed E-state index contributed by atoms with van der Waals surface area (Å²) in [5.74, 6) is 0. The van der Waals surface area contributed by atoms with Crippen LogP contribution in [0, 0.1) is 0 Å². The predicted octanol–water partition coefficient (Wildman–Crippen LogP) is 5.57. The van der Waals surface area contributed by atoms with E-state index in [4.69, 9.17) is 34.8 Å². The first-order valence-electron chi connectivity index (χ1n) is 6.61. The van der Waals surface area contributed by atoms with E-state index in [-0.39, 0.29) is 0 Å². The molecule has 0 amide bonds. The molecule has 0 saturated heterocycles. The van der Waals surface area contributed by atoms with Gasteiger partial charge in [0.25, 0.3) is 0 Å². The van der Waals surface area contributed by atoms with Gasteiger partial charge in [0.15, 0.2) is 0 Å². The van der Waals surface area contributed by atoms with Crippen LogP contribution in [-0.2, 0) is 6.54 Å². The van der Waals surface area contributed by atoms with Crippen molar-refractivity contribution < 1.29 is 0 Å². The maximum absolute atomic E-state index is 6.26. The summed E-state index contributed by atoms with van der Waals surface area (Å²) >= 11 is 18.3. The first-order chi connectivity index (χ1) is 9.63. The van der Waals surface area contributed by atoms with E-state index in [1.165, 1.54) is 12.8 Å². The second-order valence-corrected chi connectivity index (χ2v) is 6.31. The zero-order chi connectivity index (χ0) is 14.1. The molecule has 20 heavy (non-hydrogen) atoms. The minimum Gasteiger partial charge on any atom is -0.310 e. The lowest BCUT2D eigenvalue weighted by Crippen LogP contribution is -2.15. The van der Waals surface area contributed by atoms with Crippen molar-refractivity contribution in [3.63, 3.8) is 0 Å². The van der Waals surface area contributed by atoms with Gasteiger partial charge in [-0.1, -0.05) is 46.9 Å². The molecule has 0 bridgehead atoms. The minimum absolute atomic E-state index is 0.566. The van der Waals surface area contributed by atoms with Gasteiger partial charge in [0, 0.05) is 17.6 Å². The van der Waals surface area contributed by atoms with Crippen molar-refractivity contribution in [3.8, 4) is 11.1 Å². The Morgan fingerprint density at radius 2 is 1.50 bits per heavy atom. The molecule has 0 heterocycles. The number of benzene rings is 2. The van der Waals surface area contributed by atoms with E-state index in [0.29, 0.717) is 16.1 Å². The van der Waals surface area contributed by atoms with Crippen LogP contribution in [0.25, 0.3) is 11.1 Å². The van der Waals surface area contributed by atoms with Gasteiger partial charge >= 0.3 is 0 Å². The smallest absolute Gasteiger partial charge is 0.0598 e. The molecule has 1 saturated carbocycles. The third kappa shape index (κ3) is 3.29. The van der Waals surface area contributed by atoms with Crippen LogP contribution in [0.1, 0.15) is 18.4 Å². The van der Waals surface area contributed by atoms with Gasteiger partial charge in [0.05, 0.1) is 10.0 Å². The van der Waals surface area contributed by atoms with Crippen LogP contribution in [0.15, 0.2) is 36.4 Å². The molecule has 0 radical (unpaired) electrons. The van der Waals surface area contributed by atoms with Gasteiger partial charge in [0.1, 0.15) is 0 Å². The lowest BCUT2D eigenvalue weighted by Gasteiger charge is -2.09. The molecule has 0 atom stereocenters. The lowest BCUT2D eigenvalue weighted by molar-refractivity contribution is 0.688. The topological polar surface area (TPSA) is 12.0 Å². The van der Waals surface area contributed by atoms with Crippen molar-refractivity contribution in [3.05, 3.63) is 57.0 Å². The molecule has 1 nitrogen and oxygen atoms in total. The molecule has 0 aromatic heterocycles. The Bertz CT molecular complexity index is 636. The Balaban J connectivity index is 1.88. The summed E-state index contributed by atoms with van der Waals surface area (Å²) in [5.41, 5.74) is 3.26. The summed E-state index contributed by atoms with van der Waals surface area (Å²) in [5, 5.41) is 5.41. The third-order valence-corrected chi connectivity index (χ3v) is 4.56. The van der Waals surface area contributed by atoms with E-state index in [1.54, 1.807) is 0 Å². The zero-order valence-electron chi connectivity index (χ0n) is 10.8. The summed E-state index contributed by atoms with van der Waals surface area (Å²) in [4.78, 5) is 0. The Morgan fingerprint density at radius 3 is 2.15 bits per heavy atom. The van der Waals surface area contributed by atoms with E-state index in [9.17, 15) is 0 Å². The maximum atomic E-state index is 6.26. The van der Waals surface area contributed by atoms with Crippen molar-refractivity contribution in [2.24, 2.45) is 0 Å². The van der Waals surface area contributed by atoms with Crippen LogP contribution in [0.4, 0.5) is 0 Å².